The molecule has 1 heterocycles. The third-order valence-corrected chi connectivity index (χ3v) is 4.60. The lowest BCUT2D eigenvalue weighted by Gasteiger charge is -2.36. The Hall–Kier alpha value is -1.91. The van der Waals surface area contributed by atoms with Crippen LogP contribution in [-0.4, -0.2) is 29.9 Å². The van der Waals surface area contributed by atoms with Crippen molar-refractivity contribution in [3.63, 3.8) is 0 Å². The molecule has 0 bridgehead atoms. The Morgan fingerprint density at radius 1 is 1.21 bits per heavy atom. The molecule has 0 saturated carbocycles. The first kappa shape index (κ1) is 16.9. The topological polar surface area (TPSA) is 46.3 Å². The summed E-state index contributed by atoms with van der Waals surface area (Å²) in [6.45, 7) is 1.18. The standard InChI is InChI=1S/C19H20ClFN2O/c20-16-3-1-2-13(9-16)8-14-10-18(22)12-23(11-14)19(24)15-4-6-17(21)7-5-15/h1-7,9,14,18H,8,10-12,22H2. The molecule has 3 nitrogen and oxygen atoms in total. The van der Waals surface area contributed by atoms with Gasteiger partial charge in [0.1, 0.15) is 5.82 Å². The van der Waals surface area contributed by atoms with Gasteiger partial charge in [-0.25, -0.2) is 4.39 Å². The van der Waals surface area contributed by atoms with E-state index in [-0.39, 0.29) is 23.7 Å². The second-order valence-corrected chi connectivity index (χ2v) is 6.85. The number of nitrogens with zero attached hydrogens (tertiary/aromatic N) is 1. The minimum Gasteiger partial charge on any atom is -0.337 e. The van der Waals surface area contributed by atoms with Crippen LogP contribution in [0, 0.1) is 11.7 Å². The normalized spacial score (nSPS) is 20.9. The van der Waals surface area contributed by atoms with Crippen LogP contribution in [0.4, 0.5) is 4.39 Å². The van der Waals surface area contributed by atoms with Gasteiger partial charge >= 0.3 is 0 Å². The summed E-state index contributed by atoms with van der Waals surface area (Å²) in [6.07, 6.45) is 1.71. The van der Waals surface area contributed by atoms with E-state index in [4.69, 9.17) is 17.3 Å². The van der Waals surface area contributed by atoms with Crippen molar-refractivity contribution >= 4 is 17.5 Å². The number of benzene rings is 2. The van der Waals surface area contributed by atoms with Crippen LogP contribution in [0.1, 0.15) is 22.3 Å². The van der Waals surface area contributed by atoms with Crippen molar-refractivity contribution in [3.8, 4) is 0 Å². The number of amides is 1. The molecule has 24 heavy (non-hydrogen) atoms. The zero-order valence-electron chi connectivity index (χ0n) is 13.3. The molecule has 5 heteroatoms. The van der Waals surface area contributed by atoms with E-state index in [9.17, 15) is 9.18 Å². The molecular weight excluding hydrogens is 327 g/mol. The maximum absolute atomic E-state index is 13.0. The summed E-state index contributed by atoms with van der Waals surface area (Å²) >= 11 is 6.04. The second-order valence-electron chi connectivity index (χ2n) is 6.41. The molecule has 0 spiro atoms. The van der Waals surface area contributed by atoms with Crippen LogP contribution in [0.15, 0.2) is 48.5 Å². The summed E-state index contributed by atoms with van der Waals surface area (Å²) < 4.78 is 13.0. The first-order valence-corrected chi connectivity index (χ1v) is 8.44. The Morgan fingerprint density at radius 3 is 2.67 bits per heavy atom. The molecule has 2 unspecified atom stereocenters. The number of carbonyl (C=O) groups excluding carboxylic acids is 1. The molecule has 1 aliphatic rings. The van der Waals surface area contributed by atoms with E-state index in [1.54, 1.807) is 4.90 Å². The summed E-state index contributed by atoms with van der Waals surface area (Å²) in [5.41, 5.74) is 7.80. The number of nitrogens with two attached hydrogens (primary N) is 1. The zero-order valence-corrected chi connectivity index (χ0v) is 14.0. The minimum absolute atomic E-state index is 0.0488. The van der Waals surface area contributed by atoms with Gasteiger partial charge in [0.05, 0.1) is 0 Å². The number of halogens is 2. The van der Waals surface area contributed by atoms with Crippen LogP contribution in [0.2, 0.25) is 5.02 Å². The molecular formula is C19H20ClFN2O. The predicted octanol–water partition coefficient (Wildman–Crippen LogP) is 3.51. The van der Waals surface area contributed by atoms with Gasteiger partial charge in [-0.05, 0) is 60.7 Å². The fraction of sp³-hybridized carbons (Fsp3) is 0.316. The van der Waals surface area contributed by atoms with Crippen molar-refractivity contribution < 1.29 is 9.18 Å². The third-order valence-electron chi connectivity index (χ3n) is 4.36. The van der Waals surface area contributed by atoms with Crippen LogP contribution in [0.25, 0.3) is 0 Å². The van der Waals surface area contributed by atoms with Crippen LogP contribution >= 0.6 is 11.6 Å². The van der Waals surface area contributed by atoms with E-state index in [0.29, 0.717) is 23.7 Å². The van der Waals surface area contributed by atoms with Crippen molar-refractivity contribution in [3.05, 3.63) is 70.5 Å². The van der Waals surface area contributed by atoms with Gasteiger partial charge in [0.2, 0.25) is 0 Å². The number of rotatable bonds is 3. The first-order valence-electron chi connectivity index (χ1n) is 8.06. The number of likely N-dealkylation sites (tertiary alicyclic amines) is 1. The molecule has 2 N–H and O–H groups in total. The van der Waals surface area contributed by atoms with Crippen molar-refractivity contribution in [1.82, 2.24) is 4.90 Å². The lowest BCUT2D eigenvalue weighted by Crippen LogP contribution is -2.49. The molecule has 0 aromatic heterocycles. The third kappa shape index (κ3) is 4.13. The van der Waals surface area contributed by atoms with Gasteiger partial charge < -0.3 is 10.6 Å². The van der Waals surface area contributed by atoms with Crippen molar-refractivity contribution in [1.29, 1.82) is 0 Å². The molecule has 2 aromatic rings. The van der Waals surface area contributed by atoms with E-state index in [0.717, 1.165) is 18.4 Å². The van der Waals surface area contributed by atoms with Gasteiger partial charge in [0, 0.05) is 29.7 Å². The molecule has 1 fully saturated rings. The summed E-state index contributed by atoms with van der Waals surface area (Å²) in [6, 6.07) is 13.4. The Bertz CT molecular complexity index is 720. The Morgan fingerprint density at radius 2 is 1.96 bits per heavy atom. The molecule has 2 atom stereocenters. The van der Waals surface area contributed by atoms with Crippen LogP contribution in [0.5, 0.6) is 0 Å². The summed E-state index contributed by atoms with van der Waals surface area (Å²) in [5, 5.41) is 0.715. The van der Waals surface area contributed by atoms with Crippen LogP contribution in [0.3, 0.4) is 0 Å². The molecule has 126 valence electrons. The first-order chi connectivity index (χ1) is 11.5. The lowest BCUT2D eigenvalue weighted by molar-refractivity contribution is 0.0649. The summed E-state index contributed by atoms with van der Waals surface area (Å²) in [4.78, 5) is 14.4. The lowest BCUT2D eigenvalue weighted by atomic mass is 9.88. The average Bonchev–Trinajstić information content (AvgIpc) is 2.54. The van der Waals surface area contributed by atoms with Crippen molar-refractivity contribution in [2.45, 2.75) is 18.9 Å². The van der Waals surface area contributed by atoms with Crippen LogP contribution < -0.4 is 5.73 Å². The quantitative estimate of drug-likeness (QED) is 0.924. The molecule has 0 aliphatic carbocycles. The van der Waals surface area contributed by atoms with Gasteiger partial charge in [-0.15, -0.1) is 0 Å². The molecule has 1 amide bonds. The van der Waals surface area contributed by atoms with E-state index >= 15 is 0 Å². The maximum Gasteiger partial charge on any atom is 0.253 e. The Balaban J connectivity index is 1.70. The minimum atomic E-state index is -0.347. The molecule has 3 rings (SSSR count). The smallest absolute Gasteiger partial charge is 0.253 e. The second kappa shape index (κ2) is 7.32. The van der Waals surface area contributed by atoms with Gasteiger partial charge in [-0.1, -0.05) is 23.7 Å². The van der Waals surface area contributed by atoms with Gasteiger partial charge in [0.25, 0.3) is 5.91 Å². The largest absolute Gasteiger partial charge is 0.337 e. The highest BCUT2D eigenvalue weighted by atomic mass is 35.5. The van der Waals surface area contributed by atoms with Crippen molar-refractivity contribution in [2.24, 2.45) is 11.7 Å². The SMILES string of the molecule is NC1CC(Cc2cccc(Cl)c2)CN(C(=O)c2ccc(F)cc2)C1. The highest BCUT2D eigenvalue weighted by molar-refractivity contribution is 6.30. The molecule has 1 saturated heterocycles. The van der Waals surface area contributed by atoms with E-state index < -0.39 is 0 Å². The highest BCUT2D eigenvalue weighted by Crippen LogP contribution is 2.23. The number of hydrogen-bond donors (Lipinski definition) is 1. The van der Waals surface area contributed by atoms with E-state index in [1.165, 1.54) is 24.3 Å². The van der Waals surface area contributed by atoms with Crippen molar-refractivity contribution in [2.75, 3.05) is 13.1 Å². The summed E-state index contributed by atoms with van der Waals surface area (Å²) in [7, 11) is 0. The van der Waals surface area contributed by atoms with Gasteiger partial charge in [-0.2, -0.15) is 0 Å². The fourth-order valence-corrected chi connectivity index (χ4v) is 3.55. The van der Waals surface area contributed by atoms with E-state index in [2.05, 4.69) is 0 Å². The maximum atomic E-state index is 13.0. The van der Waals surface area contributed by atoms with E-state index in [1.807, 2.05) is 24.3 Å². The molecule has 2 aromatic carbocycles. The summed E-state index contributed by atoms with van der Waals surface area (Å²) in [5.74, 6) is -0.154. The highest BCUT2D eigenvalue weighted by Gasteiger charge is 2.28. The van der Waals surface area contributed by atoms with Gasteiger partial charge in [-0.3, -0.25) is 4.79 Å². The van der Waals surface area contributed by atoms with Crippen LogP contribution in [-0.2, 0) is 6.42 Å². The predicted molar refractivity (Wildman–Crippen MR) is 93.5 cm³/mol. The Kier molecular flexibility index (Phi) is 5.17. The van der Waals surface area contributed by atoms with Gasteiger partial charge in [0.15, 0.2) is 0 Å². The number of carbonyl (C=O) groups is 1. The zero-order chi connectivity index (χ0) is 17.1. The fourth-order valence-electron chi connectivity index (χ4n) is 3.33. The number of piperidine rings is 1. The molecule has 0 radical (unpaired) electrons. The number of hydrogen-bond acceptors (Lipinski definition) is 2. The average molecular weight is 347 g/mol. The Labute approximate surface area is 146 Å². The monoisotopic (exact) mass is 346 g/mol. The molecule has 1 aliphatic heterocycles.